The topological polar surface area (TPSA) is 73.1 Å². The molecule has 2 heterocycles. The summed E-state index contributed by atoms with van der Waals surface area (Å²) in [6.45, 7) is 7.90. The number of alkyl halides is 1. The largest absolute Gasteiger partial charge is 0.443 e. The number of pyridine rings is 1. The molecule has 7 nitrogen and oxygen atoms in total. The second-order valence-corrected chi connectivity index (χ2v) is 9.06. The molecule has 0 aliphatic carbocycles. The standard InChI is InChI=1S/C22H26BrN5O2/c1-15-13-17(19-20(24-15)27(5)26-25-19)18(23)11-12-28(21(29)30-22(2,3)4)14-16-9-7-6-8-10-16/h6-13,18H,14H2,1-5H3/b12-11+. The second-order valence-electron chi connectivity index (χ2n) is 8.08. The Morgan fingerprint density at radius 2 is 2.00 bits per heavy atom. The minimum Gasteiger partial charge on any atom is -0.443 e. The molecule has 0 saturated carbocycles. The van der Waals surface area contributed by atoms with Gasteiger partial charge in [0.15, 0.2) is 5.65 Å². The first-order chi connectivity index (χ1) is 14.1. The summed E-state index contributed by atoms with van der Waals surface area (Å²) in [6, 6.07) is 11.8. The van der Waals surface area contributed by atoms with E-state index in [1.807, 2.05) is 77.2 Å². The summed E-state index contributed by atoms with van der Waals surface area (Å²) in [5.41, 5.74) is 3.68. The normalized spacial score (nSPS) is 13.0. The zero-order valence-corrected chi connectivity index (χ0v) is 19.4. The van der Waals surface area contributed by atoms with E-state index in [4.69, 9.17) is 4.74 Å². The molecule has 2 aromatic heterocycles. The number of nitrogens with zero attached hydrogens (tertiary/aromatic N) is 5. The van der Waals surface area contributed by atoms with E-state index in [2.05, 4.69) is 31.2 Å². The molecule has 0 saturated heterocycles. The number of carbonyl (C=O) groups excluding carboxylic acids is 1. The highest BCUT2D eigenvalue weighted by atomic mass is 79.9. The molecule has 0 fully saturated rings. The highest BCUT2D eigenvalue weighted by molar-refractivity contribution is 9.09. The fourth-order valence-corrected chi connectivity index (χ4v) is 3.41. The molecule has 1 atom stereocenters. The number of carbonyl (C=O) groups is 1. The average molecular weight is 472 g/mol. The number of benzene rings is 1. The molecule has 0 spiro atoms. The zero-order chi connectivity index (χ0) is 21.9. The van der Waals surface area contributed by atoms with Gasteiger partial charge in [0.1, 0.15) is 11.1 Å². The molecule has 0 bridgehead atoms. The van der Waals surface area contributed by atoms with Gasteiger partial charge >= 0.3 is 6.09 Å². The summed E-state index contributed by atoms with van der Waals surface area (Å²) in [4.78, 5) is 18.7. The maximum atomic E-state index is 12.8. The van der Waals surface area contributed by atoms with Crippen LogP contribution in [-0.4, -0.2) is 36.6 Å². The van der Waals surface area contributed by atoms with Crippen LogP contribution in [0.15, 0.2) is 48.7 Å². The Kier molecular flexibility index (Phi) is 6.55. The van der Waals surface area contributed by atoms with Crippen molar-refractivity contribution in [3.8, 4) is 0 Å². The molecule has 8 heteroatoms. The fraction of sp³-hybridized carbons (Fsp3) is 0.364. The molecule has 0 radical (unpaired) electrons. The second kappa shape index (κ2) is 8.95. The van der Waals surface area contributed by atoms with Gasteiger partial charge in [0.05, 0.1) is 11.4 Å². The van der Waals surface area contributed by atoms with Crippen molar-refractivity contribution >= 4 is 33.2 Å². The minimum absolute atomic E-state index is 0.181. The lowest BCUT2D eigenvalue weighted by molar-refractivity contribution is 0.0323. The van der Waals surface area contributed by atoms with Gasteiger partial charge in [-0.05, 0) is 45.4 Å². The number of aromatic nitrogens is 4. The van der Waals surface area contributed by atoms with Crippen LogP contribution in [0.1, 0.15) is 42.4 Å². The highest BCUT2D eigenvalue weighted by Crippen LogP contribution is 2.30. The first-order valence-corrected chi connectivity index (χ1v) is 10.6. The minimum atomic E-state index is -0.582. The van der Waals surface area contributed by atoms with E-state index < -0.39 is 11.7 Å². The van der Waals surface area contributed by atoms with E-state index in [1.165, 1.54) is 0 Å². The Morgan fingerprint density at radius 3 is 2.67 bits per heavy atom. The monoisotopic (exact) mass is 471 g/mol. The van der Waals surface area contributed by atoms with Crippen molar-refractivity contribution in [1.29, 1.82) is 0 Å². The van der Waals surface area contributed by atoms with Gasteiger partial charge in [-0.2, -0.15) is 0 Å². The molecule has 3 rings (SSSR count). The fourth-order valence-electron chi connectivity index (χ4n) is 2.93. The van der Waals surface area contributed by atoms with Gasteiger partial charge in [-0.15, -0.1) is 5.10 Å². The molecule has 1 unspecified atom stereocenters. The lowest BCUT2D eigenvalue weighted by atomic mass is 10.1. The van der Waals surface area contributed by atoms with Crippen LogP contribution in [0.4, 0.5) is 4.79 Å². The van der Waals surface area contributed by atoms with Crippen molar-refractivity contribution < 1.29 is 9.53 Å². The van der Waals surface area contributed by atoms with Crippen molar-refractivity contribution in [2.45, 2.75) is 44.7 Å². The van der Waals surface area contributed by atoms with Gasteiger partial charge in [0.2, 0.25) is 0 Å². The zero-order valence-electron chi connectivity index (χ0n) is 17.8. The lowest BCUT2D eigenvalue weighted by Crippen LogP contribution is -2.33. The molecule has 0 N–H and O–H groups in total. The van der Waals surface area contributed by atoms with Crippen LogP contribution in [0.5, 0.6) is 0 Å². The van der Waals surface area contributed by atoms with E-state index in [9.17, 15) is 4.79 Å². The predicted octanol–water partition coefficient (Wildman–Crippen LogP) is 5.06. The van der Waals surface area contributed by atoms with Crippen molar-refractivity contribution in [3.63, 3.8) is 0 Å². The molecule has 3 aromatic rings. The smallest absolute Gasteiger partial charge is 0.414 e. The van der Waals surface area contributed by atoms with Gasteiger partial charge in [-0.1, -0.05) is 51.5 Å². The summed E-state index contributed by atoms with van der Waals surface area (Å²) < 4.78 is 7.24. The van der Waals surface area contributed by atoms with Gasteiger partial charge in [0.25, 0.3) is 0 Å². The van der Waals surface area contributed by atoms with Crippen molar-refractivity contribution in [2.75, 3.05) is 0 Å². The van der Waals surface area contributed by atoms with Crippen LogP contribution in [0.2, 0.25) is 0 Å². The summed E-state index contributed by atoms with van der Waals surface area (Å²) in [6.07, 6.45) is 3.24. The third-order valence-corrected chi connectivity index (χ3v) is 5.07. The van der Waals surface area contributed by atoms with Gasteiger partial charge in [0, 0.05) is 24.5 Å². The van der Waals surface area contributed by atoms with Crippen LogP contribution < -0.4 is 0 Å². The van der Waals surface area contributed by atoms with Crippen LogP contribution in [-0.2, 0) is 18.3 Å². The number of ether oxygens (including phenoxy) is 1. The molecule has 158 valence electrons. The molecule has 1 aromatic carbocycles. The maximum Gasteiger partial charge on any atom is 0.414 e. The molecular formula is C22H26BrN5O2. The van der Waals surface area contributed by atoms with Crippen molar-refractivity contribution in [1.82, 2.24) is 24.9 Å². The third kappa shape index (κ3) is 5.44. The van der Waals surface area contributed by atoms with Gasteiger partial charge in [-0.25, -0.2) is 14.5 Å². The summed E-state index contributed by atoms with van der Waals surface area (Å²) in [5, 5.41) is 8.31. The van der Waals surface area contributed by atoms with E-state index in [-0.39, 0.29) is 4.83 Å². The van der Waals surface area contributed by atoms with E-state index in [1.54, 1.807) is 15.8 Å². The van der Waals surface area contributed by atoms with Gasteiger partial charge in [-0.3, -0.25) is 4.90 Å². The Labute approximate surface area is 184 Å². The molecule has 0 aliphatic rings. The third-order valence-electron chi connectivity index (χ3n) is 4.27. The highest BCUT2D eigenvalue weighted by Gasteiger charge is 2.22. The van der Waals surface area contributed by atoms with Crippen LogP contribution >= 0.6 is 15.9 Å². The van der Waals surface area contributed by atoms with E-state index >= 15 is 0 Å². The number of halogens is 1. The Bertz CT molecular complexity index is 1060. The number of hydrogen-bond donors (Lipinski definition) is 0. The quantitative estimate of drug-likeness (QED) is 0.486. The van der Waals surface area contributed by atoms with Gasteiger partial charge < -0.3 is 4.74 Å². The molecular weight excluding hydrogens is 446 g/mol. The number of amides is 1. The van der Waals surface area contributed by atoms with Crippen molar-refractivity contribution in [3.05, 3.63) is 65.5 Å². The SMILES string of the molecule is Cc1cc(C(Br)/C=C/N(Cc2ccccc2)C(=O)OC(C)(C)C)c2nnn(C)c2n1. The average Bonchev–Trinajstić information content (AvgIpc) is 3.04. The Morgan fingerprint density at radius 1 is 1.30 bits per heavy atom. The van der Waals surface area contributed by atoms with Crippen LogP contribution in [0.3, 0.4) is 0 Å². The molecule has 0 aliphatic heterocycles. The first kappa shape index (κ1) is 22.0. The molecule has 30 heavy (non-hydrogen) atoms. The number of allylic oxidation sites excluding steroid dienone is 1. The Balaban J connectivity index is 1.88. The number of fused-ring (bicyclic) bond motifs is 1. The van der Waals surface area contributed by atoms with E-state index in [0.29, 0.717) is 6.54 Å². The number of aryl methyl sites for hydroxylation is 2. The van der Waals surface area contributed by atoms with Crippen LogP contribution in [0.25, 0.3) is 11.2 Å². The summed E-state index contributed by atoms with van der Waals surface area (Å²) >= 11 is 3.70. The number of rotatable bonds is 5. The van der Waals surface area contributed by atoms with E-state index in [0.717, 1.165) is 28.0 Å². The summed E-state index contributed by atoms with van der Waals surface area (Å²) in [7, 11) is 1.81. The predicted molar refractivity (Wildman–Crippen MR) is 120 cm³/mol. The lowest BCUT2D eigenvalue weighted by Gasteiger charge is -2.25. The summed E-state index contributed by atoms with van der Waals surface area (Å²) in [5.74, 6) is 0. The maximum absolute atomic E-state index is 12.8. The first-order valence-electron chi connectivity index (χ1n) is 9.67. The molecule has 1 amide bonds. The van der Waals surface area contributed by atoms with Crippen molar-refractivity contribution in [2.24, 2.45) is 7.05 Å². The number of hydrogen-bond acceptors (Lipinski definition) is 5. The van der Waals surface area contributed by atoms with Crippen LogP contribution in [0, 0.1) is 6.92 Å². The Hall–Kier alpha value is -2.74.